The normalized spacial score (nSPS) is 18.4. The number of hydrogen-bond acceptors (Lipinski definition) is 6. The van der Waals surface area contributed by atoms with Gasteiger partial charge in [0.2, 0.25) is 5.91 Å². The van der Waals surface area contributed by atoms with Gasteiger partial charge < -0.3 is 0 Å². The van der Waals surface area contributed by atoms with Crippen LogP contribution in [0, 0.1) is 5.92 Å². The SMILES string of the molecule is O=C(CC1CCS(=O)(=O)C1)NNC(=O)c1csc(-c2cccc(C(F)(F)F)c2)n1. The summed E-state index contributed by atoms with van der Waals surface area (Å²) in [5, 5.41) is 1.59. The smallest absolute Gasteiger partial charge is 0.273 e. The van der Waals surface area contributed by atoms with Crippen molar-refractivity contribution in [1.82, 2.24) is 15.8 Å². The number of thiazole rings is 1. The van der Waals surface area contributed by atoms with Gasteiger partial charge in [-0.05, 0) is 24.5 Å². The van der Waals surface area contributed by atoms with Gasteiger partial charge in [-0.25, -0.2) is 13.4 Å². The molecule has 1 aliphatic heterocycles. The fourth-order valence-corrected chi connectivity index (χ4v) is 5.53. The van der Waals surface area contributed by atoms with E-state index in [0.29, 0.717) is 6.42 Å². The number of rotatable bonds is 4. The second-order valence-corrected chi connectivity index (χ2v) is 9.68. The first-order chi connectivity index (χ1) is 13.5. The van der Waals surface area contributed by atoms with Gasteiger partial charge in [0, 0.05) is 17.4 Å². The first-order valence-electron chi connectivity index (χ1n) is 8.46. The van der Waals surface area contributed by atoms with Gasteiger partial charge in [-0.2, -0.15) is 13.2 Å². The van der Waals surface area contributed by atoms with Crippen LogP contribution in [0.15, 0.2) is 29.6 Å². The summed E-state index contributed by atoms with van der Waals surface area (Å²) in [7, 11) is -3.10. The zero-order valence-corrected chi connectivity index (χ0v) is 16.5. The van der Waals surface area contributed by atoms with Crippen molar-refractivity contribution in [2.24, 2.45) is 5.92 Å². The number of alkyl halides is 3. The molecule has 0 spiro atoms. The number of carbonyl (C=O) groups excluding carboxylic acids is 2. The fourth-order valence-electron chi connectivity index (χ4n) is 2.88. The molecule has 1 aliphatic rings. The molecule has 0 saturated carbocycles. The number of halogens is 3. The van der Waals surface area contributed by atoms with E-state index >= 15 is 0 Å². The van der Waals surface area contributed by atoms with Crippen molar-refractivity contribution in [3.63, 3.8) is 0 Å². The number of hydrogen-bond donors (Lipinski definition) is 2. The monoisotopic (exact) mass is 447 g/mol. The Balaban J connectivity index is 1.58. The minimum Gasteiger partial charge on any atom is -0.273 e. The maximum absolute atomic E-state index is 12.8. The number of aromatic nitrogens is 1. The molecule has 0 aliphatic carbocycles. The summed E-state index contributed by atoms with van der Waals surface area (Å²) >= 11 is 0.992. The predicted molar refractivity (Wildman–Crippen MR) is 99.5 cm³/mol. The molecule has 29 heavy (non-hydrogen) atoms. The highest BCUT2D eigenvalue weighted by Crippen LogP contribution is 2.33. The Bertz CT molecular complexity index is 1030. The van der Waals surface area contributed by atoms with Crippen LogP contribution in [0.1, 0.15) is 28.9 Å². The van der Waals surface area contributed by atoms with Crippen LogP contribution in [0.25, 0.3) is 10.6 Å². The predicted octanol–water partition coefficient (Wildman–Crippen LogP) is 2.41. The highest BCUT2D eigenvalue weighted by molar-refractivity contribution is 7.91. The van der Waals surface area contributed by atoms with E-state index in [1.807, 2.05) is 0 Å². The lowest BCUT2D eigenvalue weighted by Gasteiger charge is -2.09. The molecule has 1 fully saturated rings. The number of benzene rings is 1. The van der Waals surface area contributed by atoms with Crippen molar-refractivity contribution in [3.05, 3.63) is 40.9 Å². The van der Waals surface area contributed by atoms with E-state index in [9.17, 15) is 31.2 Å². The first-order valence-corrected chi connectivity index (χ1v) is 11.2. The Morgan fingerprint density at radius 2 is 2.00 bits per heavy atom. The number of nitrogens with one attached hydrogen (secondary N) is 2. The molecule has 0 radical (unpaired) electrons. The summed E-state index contributed by atoms with van der Waals surface area (Å²) in [5.74, 6) is -1.56. The topological polar surface area (TPSA) is 105 Å². The Hall–Kier alpha value is -2.47. The maximum Gasteiger partial charge on any atom is 0.416 e. The Morgan fingerprint density at radius 3 is 2.66 bits per heavy atom. The van der Waals surface area contributed by atoms with E-state index in [0.717, 1.165) is 23.5 Å². The molecule has 1 unspecified atom stereocenters. The van der Waals surface area contributed by atoms with Crippen LogP contribution in [-0.4, -0.2) is 36.7 Å². The van der Waals surface area contributed by atoms with Crippen LogP contribution in [0.2, 0.25) is 0 Å². The zero-order chi connectivity index (χ0) is 21.2. The van der Waals surface area contributed by atoms with Crippen LogP contribution in [0.5, 0.6) is 0 Å². The summed E-state index contributed by atoms with van der Waals surface area (Å²) in [4.78, 5) is 28.0. The van der Waals surface area contributed by atoms with E-state index in [1.54, 1.807) is 0 Å². The number of sulfone groups is 1. The molecule has 3 rings (SSSR count). The van der Waals surface area contributed by atoms with Gasteiger partial charge in [0.1, 0.15) is 10.7 Å². The Labute approximate surface area is 168 Å². The van der Waals surface area contributed by atoms with Crippen LogP contribution >= 0.6 is 11.3 Å². The molecule has 2 N–H and O–H groups in total. The minimum absolute atomic E-state index is 0.0357. The third kappa shape index (κ3) is 5.54. The van der Waals surface area contributed by atoms with E-state index < -0.39 is 33.4 Å². The molecule has 156 valence electrons. The average Bonchev–Trinajstić information content (AvgIpc) is 3.26. The third-order valence-corrected chi connectivity index (χ3v) is 7.02. The highest BCUT2D eigenvalue weighted by Gasteiger charge is 2.31. The van der Waals surface area contributed by atoms with Gasteiger partial charge in [-0.3, -0.25) is 20.4 Å². The third-order valence-electron chi connectivity index (χ3n) is 4.29. The summed E-state index contributed by atoms with van der Waals surface area (Å²) in [5.41, 5.74) is 3.70. The van der Waals surface area contributed by atoms with Crippen molar-refractivity contribution in [2.75, 3.05) is 11.5 Å². The number of hydrazine groups is 1. The summed E-state index contributed by atoms with van der Waals surface area (Å²) in [6, 6.07) is 4.59. The van der Waals surface area contributed by atoms with E-state index in [-0.39, 0.29) is 40.1 Å². The zero-order valence-electron chi connectivity index (χ0n) is 14.8. The van der Waals surface area contributed by atoms with Crippen molar-refractivity contribution in [3.8, 4) is 10.6 Å². The van der Waals surface area contributed by atoms with Crippen LogP contribution in [0.4, 0.5) is 13.2 Å². The molecule has 1 aromatic heterocycles. The summed E-state index contributed by atoms with van der Waals surface area (Å²) in [6.07, 6.45) is -4.13. The number of amides is 2. The van der Waals surface area contributed by atoms with Crippen molar-refractivity contribution in [2.45, 2.75) is 19.0 Å². The van der Waals surface area contributed by atoms with Crippen molar-refractivity contribution >= 4 is 33.0 Å². The Kier molecular flexibility index (Phi) is 5.94. The largest absolute Gasteiger partial charge is 0.416 e. The van der Waals surface area contributed by atoms with E-state index in [1.165, 1.54) is 17.5 Å². The molecule has 12 heteroatoms. The summed E-state index contributed by atoms with van der Waals surface area (Å²) in [6.45, 7) is 0. The second kappa shape index (κ2) is 8.11. The van der Waals surface area contributed by atoms with Crippen LogP contribution in [0.3, 0.4) is 0 Å². The van der Waals surface area contributed by atoms with Gasteiger partial charge in [-0.15, -0.1) is 11.3 Å². The molecule has 1 saturated heterocycles. The molecule has 1 atom stereocenters. The van der Waals surface area contributed by atoms with Crippen LogP contribution in [-0.2, 0) is 20.8 Å². The quantitative estimate of drug-likeness (QED) is 0.701. The molecule has 2 heterocycles. The van der Waals surface area contributed by atoms with Gasteiger partial charge in [0.25, 0.3) is 5.91 Å². The second-order valence-electron chi connectivity index (χ2n) is 6.59. The molecule has 2 aromatic rings. The van der Waals surface area contributed by atoms with Crippen LogP contribution < -0.4 is 10.9 Å². The lowest BCUT2D eigenvalue weighted by atomic mass is 10.1. The lowest BCUT2D eigenvalue weighted by molar-refractivity contribution is -0.137. The van der Waals surface area contributed by atoms with Crippen molar-refractivity contribution < 1.29 is 31.2 Å². The molecule has 7 nitrogen and oxygen atoms in total. The fraction of sp³-hybridized carbons (Fsp3) is 0.353. The van der Waals surface area contributed by atoms with Gasteiger partial charge in [0.05, 0.1) is 17.1 Å². The molecule has 1 aromatic carbocycles. The van der Waals surface area contributed by atoms with Gasteiger partial charge in [0.15, 0.2) is 9.84 Å². The average molecular weight is 447 g/mol. The Morgan fingerprint density at radius 1 is 1.24 bits per heavy atom. The van der Waals surface area contributed by atoms with Gasteiger partial charge >= 0.3 is 6.18 Å². The minimum atomic E-state index is -4.49. The maximum atomic E-state index is 12.8. The molecule has 2 amide bonds. The number of carbonyl (C=O) groups is 2. The molecular formula is C17H16F3N3O4S2. The van der Waals surface area contributed by atoms with Gasteiger partial charge in [-0.1, -0.05) is 12.1 Å². The van der Waals surface area contributed by atoms with Crippen molar-refractivity contribution in [1.29, 1.82) is 0 Å². The standard InChI is InChI=1S/C17H16F3N3O4S2/c18-17(19,20)12-3-1-2-11(7-12)16-21-13(8-28-16)15(25)23-22-14(24)6-10-4-5-29(26,27)9-10/h1-3,7-8,10H,4-6,9H2,(H,22,24)(H,23,25). The van der Waals surface area contributed by atoms with E-state index in [4.69, 9.17) is 0 Å². The molecular weight excluding hydrogens is 431 g/mol. The lowest BCUT2D eigenvalue weighted by Crippen LogP contribution is -2.42. The highest BCUT2D eigenvalue weighted by atomic mass is 32.2. The molecule has 0 bridgehead atoms. The van der Waals surface area contributed by atoms with E-state index in [2.05, 4.69) is 15.8 Å². The first kappa shape index (κ1) is 21.2. The summed E-state index contributed by atoms with van der Waals surface area (Å²) < 4.78 is 61.3. The number of nitrogens with zero attached hydrogens (tertiary/aromatic N) is 1.